The van der Waals surface area contributed by atoms with Gasteiger partial charge in [0.1, 0.15) is 5.88 Å². The average Bonchev–Trinajstić information content (AvgIpc) is 2.79. The summed E-state index contributed by atoms with van der Waals surface area (Å²) in [4.78, 5) is 28.4. The zero-order valence-corrected chi connectivity index (χ0v) is 18.7. The summed E-state index contributed by atoms with van der Waals surface area (Å²) < 4.78 is 29.3. The monoisotopic (exact) mass is 455 g/mol. The number of nitrogens with zero attached hydrogens (tertiary/aromatic N) is 1. The summed E-state index contributed by atoms with van der Waals surface area (Å²) in [6.45, 7) is 4.16. The quantitative estimate of drug-likeness (QED) is 0.540. The maximum Gasteiger partial charge on any atom is 0.407 e. The molecular weight excluding hydrogens is 430 g/mol. The number of sulfone groups is 1. The summed E-state index contributed by atoms with van der Waals surface area (Å²) in [5.41, 5.74) is 3.10. The minimum absolute atomic E-state index is 0.0966. The van der Waals surface area contributed by atoms with E-state index in [9.17, 15) is 18.0 Å². The van der Waals surface area contributed by atoms with Crippen LogP contribution in [0.25, 0.3) is 10.9 Å². The van der Waals surface area contributed by atoms with Gasteiger partial charge in [-0.15, -0.1) is 0 Å². The van der Waals surface area contributed by atoms with Gasteiger partial charge < -0.3 is 15.4 Å². The summed E-state index contributed by atoms with van der Waals surface area (Å²) in [5.74, 6) is -0.752. The van der Waals surface area contributed by atoms with Gasteiger partial charge in [0.2, 0.25) is 0 Å². The van der Waals surface area contributed by atoms with Crippen LogP contribution in [0.1, 0.15) is 28.4 Å². The molecule has 0 aliphatic heterocycles. The predicted octanol–water partition coefficient (Wildman–Crippen LogP) is 2.99. The minimum atomic E-state index is -3.67. The molecular formula is C23H25N3O5S. The van der Waals surface area contributed by atoms with Crippen LogP contribution < -0.4 is 10.6 Å². The van der Waals surface area contributed by atoms with Gasteiger partial charge in [-0.2, -0.15) is 0 Å². The topological polar surface area (TPSA) is 114 Å². The van der Waals surface area contributed by atoms with Crippen molar-refractivity contribution in [3.05, 3.63) is 71.4 Å². The molecule has 32 heavy (non-hydrogen) atoms. The number of carbonyl (C=O) groups is 2. The Morgan fingerprint density at radius 1 is 1.03 bits per heavy atom. The Bertz CT molecular complexity index is 1220. The van der Waals surface area contributed by atoms with Gasteiger partial charge in [-0.05, 0) is 55.7 Å². The fourth-order valence-electron chi connectivity index (χ4n) is 3.20. The fraction of sp³-hybridized carbons (Fsp3) is 0.261. The van der Waals surface area contributed by atoms with Crippen LogP contribution in [0.5, 0.6) is 0 Å². The molecule has 0 saturated heterocycles. The van der Waals surface area contributed by atoms with E-state index in [0.717, 1.165) is 16.5 Å². The van der Waals surface area contributed by atoms with E-state index in [1.165, 1.54) is 12.1 Å². The van der Waals surface area contributed by atoms with Crippen molar-refractivity contribution in [2.75, 3.05) is 19.0 Å². The van der Waals surface area contributed by atoms with Crippen LogP contribution in [-0.4, -0.2) is 44.4 Å². The second kappa shape index (κ2) is 10.2. The van der Waals surface area contributed by atoms with Gasteiger partial charge in [0.25, 0.3) is 5.91 Å². The van der Waals surface area contributed by atoms with E-state index < -0.39 is 21.8 Å². The molecule has 0 atom stereocenters. The molecule has 0 bridgehead atoms. The molecule has 1 aromatic heterocycles. The number of hydrogen-bond donors (Lipinski definition) is 2. The van der Waals surface area contributed by atoms with Gasteiger partial charge >= 0.3 is 6.09 Å². The van der Waals surface area contributed by atoms with Crippen LogP contribution in [0.15, 0.2) is 59.6 Å². The molecule has 1 heterocycles. The van der Waals surface area contributed by atoms with Gasteiger partial charge in [-0.25, -0.2) is 13.2 Å². The van der Waals surface area contributed by atoms with E-state index in [1.807, 2.05) is 25.1 Å². The molecule has 2 aromatic carbocycles. The maximum atomic E-state index is 12.6. The van der Waals surface area contributed by atoms with E-state index in [1.54, 1.807) is 31.3 Å². The normalized spacial score (nSPS) is 11.2. The summed E-state index contributed by atoms with van der Waals surface area (Å²) in [6.07, 6.45) is 1.42. The third-order valence-electron chi connectivity index (χ3n) is 4.90. The van der Waals surface area contributed by atoms with Crippen LogP contribution in [0.3, 0.4) is 0 Å². The van der Waals surface area contributed by atoms with Crippen LogP contribution in [-0.2, 0) is 21.0 Å². The predicted molar refractivity (Wildman–Crippen MR) is 121 cm³/mol. The van der Waals surface area contributed by atoms with E-state index >= 15 is 0 Å². The number of ether oxygens (including phenoxy) is 1. The lowest BCUT2D eigenvalue weighted by Crippen LogP contribution is -2.30. The fourth-order valence-corrected chi connectivity index (χ4v) is 4.22. The van der Waals surface area contributed by atoms with Crippen molar-refractivity contribution >= 4 is 32.7 Å². The van der Waals surface area contributed by atoms with Crippen molar-refractivity contribution < 1.29 is 22.7 Å². The number of nitrogens with one attached hydrogen (secondary N) is 2. The van der Waals surface area contributed by atoms with E-state index in [2.05, 4.69) is 20.4 Å². The highest BCUT2D eigenvalue weighted by Gasteiger charge is 2.16. The molecule has 0 fully saturated rings. The second-order valence-electron chi connectivity index (χ2n) is 7.14. The smallest absolute Gasteiger partial charge is 0.407 e. The Kier molecular flexibility index (Phi) is 7.42. The van der Waals surface area contributed by atoms with Crippen LogP contribution in [0.2, 0.25) is 0 Å². The number of aromatic nitrogens is 1. The summed E-state index contributed by atoms with van der Waals surface area (Å²) in [5, 5.41) is 6.04. The highest BCUT2D eigenvalue weighted by atomic mass is 32.2. The number of fused-ring (bicyclic) bond motifs is 1. The number of amides is 2. The minimum Gasteiger partial charge on any atom is -0.450 e. The highest BCUT2D eigenvalue weighted by molar-refractivity contribution is 7.91. The molecule has 3 rings (SSSR count). The van der Waals surface area contributed by atoms with E-state index in [0.29, 0.717) is 24.0 Å². The van der Waals surface area contributed by atoms with Crippen LogP contribution in [0.4, 0.5) is 4.79 Å². The van der Waals surface area contributed by atoms with E-state index in [-0.39, 0.29) is 17.4 Å². The number of carbonyl (C=O) groups excluding carboxylic acids is 2. The first kappa shape index (κ1) is 23.2. The van der Waals surface area contributed by atoms with Crippen molar-refractivity contribution in [1.29, 1.82) is 0 Å². The first-order valence-corrected chi connectivity index (χ1v) is 11.8. The Labute approximate surface area is 186 Å². The molecule has 9 heteroatoms. The highest BCUT2D eigenvalue weighted by Crippen LogP contribution is 2.20. The molecule has 168 valence electrons. The van der Waals surface area contributed by atoms with Gasteiger partial charge in [-0.1, -0.05) is 24.3 Å². The molecule has 0 aliphatic carbocycles. The lowest BCUT2D eigenvalue weighted by Gasteiger charge is -2.10. The first-order valence-electron chi connectivity index (χ1n) is 10.2. The standard InChI is InChI=1S/C23H25N3O5S/c1-3-31-23(28)26-15-32(29,30)18-9-7-17(8-10-18)12-14-25-22(27)20-11-6-16(2)19-5-4-13-24-21(19)20/h4-11,13H,3,12,14-15H2,1-2H3,(H,25,27)(H,26,28). The summed E-state index contributed by atoms with van der Waals surface area (Å²) >= 11 is 0. The van der Waals surface area contributed by atoms with Crippen LogP contribution >= 0.6 is 0 Å². The van der Waals surface area contributed by atoms with Crippen LogP contribution in [0, 0.1) is 6.92 Å². The Hall–Kier alpha value is -3.46. The number of pyridine rings is 1. The average molecular weight is 456 g/mol. The van der Waals surface area contributed by atoms with Gasteiger partial charge in [0, 0.05) is 18.1 Å². The zero-order chi connectivity index (χ0) is 23.1. The maximum absolute atomic E-state index is 12.6. The molecule has 2 N–H and O–H groups in total. The van der Waals surface area contributed by atoms with Gasteiger partial charge in [-0.3, -0.25) is 9.78 Å². The first-order chi connectivity index (χ1) is 15.3. The van der Waals surface area contributed by atoms with Gasteiger partial charge in [0.15, 0.2) is 9.84 Å². The zero-order valence-electron chi connectivity index (χ0n) is 17.9. The van der Waals surface area contributed by atoms with Crippen molar-refractivity contribution in [3.63, 3.8) is 0 Å². The second-order valence-corrected chi connectivity index (χ2v) is 9.13. The Balaban J connectivity index is 1.57. The van der Waals surface area contributed by atoms with Crippen molar-refractivity contribution in [1.82, 2.24) is 15.6 Å². The third kappa shape index (κ3) is 5.61. The molecule has 0 radical (unpaired) electrons. The lowest BCUT2D eigenvalue weighted by molar-refractivity contribution is 0.0955. The number of hydrogen-bond acceptors (Lipinski definition) is 6. The molecule has 2 amide bonds. The largest absolute Gasteiger partial charge is 0.450 e. The van der Waals surface area contributed by atoms with E-state index in [4.69, 9.17) is 0 Å². The molecule has 3 aromatic rings. The number of aryl methyl sites for hydroxylation is 1. The molecule has 0 saturated carbocycles. The number of alkyl carbamates (subject to hydrolysis) is 1. The molecule has 0 aliphatic rings. The summed E-state index contributed by atoms with van der Waals surface area (Å²) in [6, 6.07) is 13.8. The number of rotatable bonds is 8. The molecule has 0 unspecified atom stereocenters. The SMILES string of the molecule is CCOC(=O)NCS(=O)(=O)c1ccc(CCNC(=O)c2ccc(C)c3cccnc23)cc1. The Morgan fingerprint density at radius 2 is 1.78 bits per heavy atom. The molecule has 0 spiro atoms. The lowest BCUT2D eigenvalue weighted by atomic mass is 10.0. The summed E-state index contributed by atoms with van der Waals surface area (Å²) in [7, 11) is -3.67. The van der Waals surface area contributed by atoms with Crippen molar-refractivity contribution in [3.8, 4) is 0 Å². The van der Waals surface area contributed by atoms with Crippen molar-refractivity contribution in [2.45, 2.75) is 25.2 Å². The number of benzene rings is 2. The molecule has 8 nitrogen and oxygen atoms in total. The van der Waals surface area contributed by atoms with Gasteiger partial charge in [0.05, 0.1) is 22.6 Å². The third-order valence-corrected chi connectivity index (χ3v) is 6.41. The Morgan fingerprint density at radius 3 is 2.50 bits per heavy atom. The van der Waals surface area contributed by atoms with Crippen molar-refractivity contribution in [2.24, 2.45) is 0 Å².